The predicted molar refractivity (Wildman–Crippen MR) is 97.5 cm³/mol. The van der Waals surface area contributed by atoms with E-state index in [1.165, 1.54) is 0 Å². The van der Waals surface area contributed by atoms with Crippen LogP contribution >= 0.6 is 0 Å². The number of amides is 2. The van der Waals surface area contributed by atoms with Crippen LogP contribution < -0.4 is 10.6 Å². The number of carbonyl (C=O) groups excluding carboxylic acids is 2. The van der Waals surface area contributed by atoms with E-state index in [1.54, 1.807) is 38.1 Å². The van der Waals surface area contributed by atoms with Crippen molar-refractivity contribution in [2.75, 3.05) is 5.32 Å². The number of nitriles is 1. The number of nitrogens with zero attached hydrogens (tertiary/aromatic N) is 1. The van der Waals surface area contributed by atoms with E-state index in [0.717, 1.165) is 11.1 Å². The fraction of sp³-hybridized carbons (Fsp3) is 0.250. The van der Waals surface area contributed by atoms with Crippen LogP contribution in [0.3, 0.4) is 0 Å². The number of carbonyl (C=O) groups is 2. The van der Waals surface area contributed by atoms with Crippen LogP contribution in [-0.2, 0) is 0 Å². The second-order valence-corrected chi connectivity index (χ2v) is 6.57. The van der Waals surface area contributed by atoms with Gasteiger partial charge < -0.3 is 10.6 Å². The lowest BCUT2D eigenvalue weighted by molar-refractivity contribution is 0.0918. The molecule has 2 amide bonds. The summed E-state index contributed by atoms with van der Waals surface area (Å²) in [5.74, 6) is -0.830. The summed E-state index contributed by atoms with van der Waals surface area (Å²) in [6, 6.07) is 14.3. The molecule has 5 nitrogen and oxygen atoms in total. The Morgan fingerprint density at radius 1 is 0.960 bits per heavy atom. The van der Waals surface area contributed by atoms with Crippen LogP contribution in [0.1, 0.15) is 45.7 Å². The Kier molecular flexibility index (Phi) is 5.23. The van der Waals surface area contributed by atoms with Crippen molar-refractivity contribution in [3.05, 3.63) is 64.7 Å². The number of nitrogens with one attached hydrogen (secondary N) is 2. The van der Waals surface area contributed by atoms with Crippen molar-refractivity contribution < 1.29 is 9.59 Å². The van der Waals surface area contributed by atoms with E-state index in [-0.39, 0.29) is 17.0 Å². The molecular weight excluding hydrogens is 314 g/mol. The highest BCUT2D eigenvalue weighted by Gasteiger charge is 2.23. The van der Waals surface area contributed by atoms with Gasteiger partial charge >= 0.3 is 0 Å². The summed E-state index contributed by atoms with van der Waals surface area (Å²) in [5.41, 5.74) is 2.22. The van der Waals surface area contributed by atoms with Crippen molar-refractivity contribution in [2.24, 2.45) is 0 Å². The first kappa shape index (κ1) is 18.2. The average molecular weight is 335 g/mol. The molecular formula is C20H21N3O2. The van der Waals surface area contributed by atoms with E-state index in [9.17, 15) is 9.59 Å². The molecule has 0 radical (unpaired) electrons. The zero-order valence-electron chi connectivity index (χ0n) is 14.8. The highest BCUT2D eigenvalue weighted by Crippen LogP contribution is 2.17. The van der Waals surface area contributed by atoms with Gasteiger partial charge in [0, 0.05) is 5.69 Å². The Morgan fingerprint density at radius 3 is 2.00 bits per heavy atom. The molecule has 0 aliphatic rings. The molecule has 0 atom stereocenters. The summed E-state index contributed by atoms with van der Waals surface area (Å²) in [4.78, 5) is 25.1. The van der Waals surface area contributed by atoms with Gasteiger partial charge in [0.2, 0.25) is 0 Å². The molecule has 2 rings (SSSR count). The highest BCUT2D eigenvalue weighted by molar-refractivity contribution is 6.12. The van der Waals surface area contributed by atoms with Gasteiger partial charge in [-0.05, 0) is 63.1 Å². The van der Waals surface area contributed by atoms with Crippen LogP contribution in [0.15, 0.2) is 42.5 Å². The molecule has 0 saturated heterocycles. The number of hydrogen-bond acceptors (Lipinski definition) is 3. The SMILES string of the molecule is Cc1cc(C)cc(NC(=O)c2ccccc2C(=O)NC(C)(C)C#N)c1. The van der Waals surface area contributed by atoms with E-state index in [2.05, 4.69) is 10.6 Å². The minimum absolute atomic E-state index is 0.229. The van der Waals surface area contributed by atoms with Gasteiger partial charge in [-0.3, -0.25) is 9.59 Å². The highest BCUT2D eigenvalue weighted by atomic mass is 16.2. The molecule has 0 unspecified atom stereocenters. The number of aryl methyl sites for hydroxylation is 2. The molecule has 0 aromatic heterocycles. The number of anilines is 1. The Hall–Kier alpha value is -3.13. The Bertz CT molecular complexity index is 843. The minimum atomic E-state index is -1.02. The standard InChI is InChI=1S/C20H21N3O2/c1-13-9-14(2)11-15(10-13)22-18(24)16-7-5-6-8-17(16)19(25)23-20(3,4)12-21/h5-11H,1-4H3,(H,22,24)(H,23,25). The van der Waals surface area contributed by atoms with Crippen LogP contribution in [0.2, 0.25) is 0 Å². The lowest BCUT2D eigenvalue weighted by atomic mass is 10.0. The maximum atomic E-state index is 12.6. The second kappa shape index (κ2) is 7.18. The van der Waals surface area contributed by atoms with E-state index in [4.69, 9.17) is 5.26 Å². The maximum absolute atomic E-state index is 12.6. The largest absolute Gasteiger partial charge is 0.334 e. The Balaban J connectivity index is 2.29. The third kappa shape index (κ3) is 4.67. The van der Waals surface area contributed by atoms with Gasteiger partial charge in [-0.1, -0.05) is 18.2 Å². The molecule has 2 N–H and O–H groups in total. The fourth-order valence-electron chi connectivity index (χ4n) is 2.50. The maximum Gasteiger partial charge on any atom is 0.256 e. The van der Waals surface area contributed by atoms with Gasteiger partial charge in [0.1, 0.15) is 5.54 Å². The quantitative estimate of drug-likeness (QED) is 0.896. The van der Waals surface area contributed by atoms with Gasteiger partial charge in [0.15, 0.2) is 0 Å². The van der Waals surface area contributed by atoms with Gasteiger partial charge in [-0.25, -0.2) is 0 Å². The summed E-state index contributed by atoms with van der Waals surface area (Å²) in [6.07, 6.45) is 0. The van der Waals surface area contributed by atoms with Gasteiger partial charge in [-0.2, -0.15) is 5.26 Å². The summed E-state index contributed by atoms with van der Waals surface area (Å²) < 4.78 is 0. The molecule has 0 aliphatic heterocycles. The Labute approximate surface area is 147 Å². The van der Waals surface area contributed by atoms with Crippen LogP contribution in [0, 0.1) is 25.2 Å². The molecule has 0 fully saturated rings. The van der Waals surface area contributed by atoms with Gasteiger partial charge in [-0.15, -0.1) is 0 Å². The topological polar surface area (TPSA) is 82.0 Å². The smallest absolute Gasteiger partial charge is 0.256 e. The number of rotatable bonds is 4. The molecule has 5 heteroatoms. The van der Waals surface area contributed by atoms with Gasteiger partial charge in [0.25, 0.3) is 11.8 Å². The molecule has 25 heavy (non-hydrogen) atoms. The van der Waals surface area contributed by atoms with Crippen LogP contribution in [0.25, 0.3) is 0 Å². The first-order valence-corrected chi connectivity index (χ1v) is 7.94. The van der Waals surface area contributed by atoms with Crippen molar-refractivity contribution in [3.8, 4) is 6.07 Å². The zero-order valence-corrected chi connectivity index (χ0v) is 14.8. The second-order valence-electron chi connectivity index (χ2n) is 6.57. The third-order valence-corrected chi connectivity index (χ3v) is 3.60. The summed E-state index contributed by atoms with van der Waals surface area (Å²) in [6.45, 7) is 7.11. The lowest BCUT2D eigenvalue weighted by Gasteiger charge is -2.18. The summed E-state index contributed by atoms with van der Waals surface area (Å²) in [7, 11) is 0. The number of benzene rings is 2. The predicted octanol–water partition coefficient (Wildman–Crippen LogP) is 3.59. The molecule has 128 valence electrons. The van der Waals surface area contributed by atoms with Crippen molar-refractivity contribution >= 4 is 17.5 Å². The van der Waals surface area contributed by atoms with Gasteiger partial charge in [0.05, 0.1) is 17.2 Å². The van der Waals surface area contributed by atoms with Crippen molar-refractivity contribution in [1.29, 1.82) is 5.26 Å². The monoisotopic (exact) mass is 335 g/mol. The van der Waals surface area contributed by atoms with Crippen molar-refractivity contribution in [2.45, 2.75) is 33.2 Å². The first-order chi connectivity index (χ1) is 11.7. The molecule has 2 aromatic rings. The number of hydrogen-bond donors (Lipinski definition) is 2. The molecule has 0 bridgehead atoms. The molecule has 2 aromatic carbocycles. The van der Waals surface area contributed by atoms with Crippen molar-refractivity contribution in [1.82, 2.24) is 5.32 Å². The normalized spacial score (nSPS) is 10.7. The Morgan fingerprint density at radius 2 is 1.48 bits per heavy atom. The fourth-order valence-corrected chi connectivity index (χ4v) is 2.50. The summed E-state index contributed by atoms with van der Waals surface area (Å²) in [5, 5.41) is 14.5. The van der Waals surface area contributed by atoms with E-state index < -0.39 is 11.4 Å². The van der Waals surface area contributed by atoms with E-state index >= 15 is 0 Å². The zero-order chi connectivity index (χ0) is 18.6. The summed E-state index contributed by atoms with van der Waals surface area (Å²) >= 11 is 0. The third-order valence-electron chi connectivity index (χ3n) is 3.60. The van der Waals surface area contributed by atoms with Crippen LogP contribution in [-0.4, -0.2) is 17.4 Å². The first-order valence-electron chi connectivity index (χ1n) is 7.94. The van der Waals surface area contributed by atoms with Crippen LogP contribution in [0.4, 0.5) is 5.69 Å². The van der Waals surface area contributed by atoms with Crippen LogP contribution in [0.5, 0.6) is 0 Å². The minimum Gasteiger partial charge on any atom is -0.334 e. The molecule has 0 spiro atoms. The molecule has 0 heterocycles. The lowest BCUT2D eigenvalue weighted by Crippen LogP contribution is -2.42. The molecule has 0 aliphatic carbocycles. The molecule has 0 saturated carbocycles. The van der Waals surface area contributed by atoms with E-state index in [1.807, 2.05) is 38.1 Å². The average Bonchev–Trinajstić information content (AvgIpc) is 2.53. The van der Waals surface area contributed by atoms with Crippen molar-refractivity contribution in [3.63, 3.8) is 0 Å². The van der Waals surface area contributed by atoms with E-state index in [0.29, 0.717) is 5.69 Å².